The number of ether oxygens (including phenoxy) is 2. The van der Waals surface area contributed by atoms with Gasteiger partial charge in [0.25, 0.3) is 0 Å². The fourth-order valence-corrected chi connectivity index (χ4v) is 3.79. The zero-order chi connectivity index (χ0) is 15.8. The van der Waals surface area contributed by atoms with Crippen LogP contribution in [0.25, 0.3) is 0 Å². The van der Waals surface area contributed by atoms with E-state index in [2.05, 4.69) is 19.6 Å². The van der Waals surface area contributed by atoms with Crippen molar-refractivity contribution in [2.45, 2.75) is 32.2 Å². The second-order valence-corrected chi connectivity index (χ2v) is 10.8. The molecule has 0 N–H and O–H groups in total. The van der Waals surface area contributed by atoms with E-state index in [-0.39, 0.29) is 17.3 Å². The van der Waals surface area contributed by atoms with Crippen molar-refractivity contribution in [2.75, 3.05) is 14.2 Å². The van der Waals surface area contributed by atoms with Crippen LogP contribution in [0.1, 0.15) is 6.42 Å². The molecule has 0 aromatic rings. The van der Waals surface area contributed by atoms with Crippen molar-refractivity contribution in [3.05, 3.63) is 23.7 Å². The molecule has 0 bridgehead atoms. The average molecular weight is 310 g/mol. The summed E-state index contributed by atoms with van der Waals surface area (Å²) < 4.78 is 16.4. The SMILES string of the molecule is COC1=CC(=O)C2CC(O[Si](C)(C)C)=CC(OC)C2C1=O. The lowest BCUT2D eigenvalue weighted by Gasteiger charge is -2.37. The van der Waals surface area contributed by atoms with Gasteiger partial charge < -0.3 is 13.9 Å². The molecule has 0 spiro atoms. The standard InChI is InChI=1S/C15H22O5Si/c1-18-12-7-9(20-21(3,4)5)6-10-11(16)8-13(19-2)15(17)14(10)12/h7-8,10,12,14H,6H2,1-5H3. The summed E-state index contributed by atoms with van der Waals surface area (Å²) in [5.74, 6) is -0.321. The molecule has 2 rings (SSSR count). The lowest BCUT2D eigenvalue weighted by Crippen LogP contribution is -2.45. The normalized spacial score (nSPS) is 29.5. The first kappa shape index (κ1) is 16.0. The number of carbonyl (C=O) groups excluding carboxylic acids is 2. The number of allylic oxidation sites excluding steroid dienone is 3. The number of rotatable bonds is 4. The third kappa shape index (κ3) is 3.27. The molecule has 3 atom stereocenters. The molecular weight excluding hydrogens is 288 g/mol. The molecule has 0 amide bonds. The minimum atomic E-state index is -1.76. The van der Waals surface area contributed by atoms with Crippen LogP contribution < -0.4 is 0 Å². The Balaban J connectivity index is 2.33. The highest BCUT2D eigenvalue weighted by Crippen LogP contribution is 2.38. The summed E-state index contributed by atoms with van der Waals surface area (Å²) in [6.45, 7) is 6.25. The number of hydrogen-bond donors (Lipinski definition) is 0. The minimum absolute atomic E-state index is 0.0942. The molecule has 0 saturated carbocycles. The smallest absolute Gasteiger partial charge is 0.241 e. The van der Waals surface area contributed by atoms with Gasteiger partial charge in [0.05, 0.1) is 24.9 Å². The first-order chi connectivity index (χ1) is 9.76. The molecule has 6 heteroatoms. The molecule has 2 aliphatic carbocycles. The van der Waals surface area contributed by atoms with Crippen LogP contribution in [0.3, 0.4) is 0 Å². The van der Waals surface area contributed by atoms with Crippen LogP contribution in [0.15, 0.2) is 23.7 Å². The number of Topliss-reactive ketones (excluding diaryl/α,β-unsaturated/α-hetero) is 1. The molecule has 116 valence electrons. The Morgan fingerprint density at radius 1 is 1.19 bits per heavy atom. The zero-order valence-electron chi connectivity index (χ0n) is 13.1. The van der Waals surface area contributed by atoms with Crippen molar-refractivity contribution in [1.29, 1.82) is 0 Å². The van der Waals surface area contributed by atoms with Gasteiger partial charge in [0, 0.05) is 25.5 Å². The molecule has 0 aliphatic heterocycles. The summed E-state index contributed by atoms with van der Waals surface area (Å²) in [7, 11) is 1.18. The van der Waals surface area contributed by atoms with Crippen molar-refractivity contribution in [3.8, 4) is 0 Å². The number of carbonyl (C=O) groups is 2. The summed E-state index contributed by atoms with van der Waals surface area (Å²) in [5, 5.41) is 0. The molecule has 0 aromatic carbocycles. The van der Waals surface area contributed by atoms with Crippen LogP contribution in [0.2, 0.25) is 19.6 Å². The van der Waals surface area contributed by atoms with E-state index in [9.17, 15) is 9.59 Å². The van der Waals surface area contributed by atoms with Gasteiger partial charge in [-0.1, -0.05) is 0 Å². The maximum Gasteiger partial charge on any atom is 0.241 e. The largest absolute Gasteiger partial charge is 0.547 e. The molecule has 0 fully saturated rings. The third-order valence-corrected chi connectivity index (χ3v) is 4.55. The Kier molecular flexibility index (Phi) is 4.39. The highest BCUT2D eigenvalue weighted by atomic mass is 28.4. The maximum atomic E-state index is 12.4. The average Bonchev–Trinajstić information content (AvgIpc) is 2.39. The molecule has 21 heavy (non-hydrogen) atoms. The van der Waals surface area contributed by atoms with Crippen LogP contribution in [0, 0.1) is 11.8 Å². The molecule has 3 unspecified atom stereocenters. The van der Waals surface area contributed by atoms with E-state index in [1.807, 2.05) is 6.08 Å². The van der Waals surface area contributed by atoms with Gasteiger partial charge in [0.2, 0.25) is 14.1 Å². The minimum Gasteiger partial charge on any atom is -0.547 e. The van der Waals surface area contributed by atoms with Crippen molar-refractivity contribution < 1.29 is 23.5 Å². The third-order valence-electron chi connectivity index (χ3n) is 3.67. The quantitative estimate of drug-likeness (QED) is 0.744. The summed E-state index contributed by atoms with van der Waals surface area (Å²) >= 11 is 0. The van der Waals surface area contributed by atoms with Gasteiger partial charge in [-0.2, -0.15) is 0 Å². The van der Waals surface area contributed by atoms with Gasteiger partial charge in [-0.3, -0.25) is 9.59 Å². The highest BCUT2D eigenvalue weighted by Gasteiger charge is 2.47. The second kappa shape index (κ2) is 5.77. The summed E-state index contributed by atoms with van der Waals surface area (Å²) in [5.41, 5.74) is 0. The molecular formula is C15H22O5Si. The molecule has 0 aromatic heterocycles. The van der Waals surface area contributed by atoms with Gasteiger partial charge in [0.15, 0.2) is 11.5 Å². The number of methoxy groups -OCH3 is 2. The van der Waals surface area contributed by atoms with Gasteiger partial charge >= 0.3 is 0 Å². The van der Waals surface area contributed by atoms with Crippen LogP contribution in [0.4, 0.5) is 0 Å². The van der Waals surface area contributed by atoms with Gasteiger partial charge in [-0.05, 0) is 25.7 Å². The Morgan fingerprint density at radius 3 is 2.38 bits per heavy atom. The van der Waals surface area contributed by atoms with E-state index >= 15 is 0 Å². The molecule has 0 heterocycles. The van der Waals surface area contributed by atoms with Gasteiger partial charge in [-0.25, -0.2) is 0 Å². The Bertz CT molecular complexity index is 515. The van der Waals surface area contributed by atoms with Crippen LogP contribution in [-0.4, -0.2) is 40.2 Å². The maximum absolute atomic E-state index is 12.4. The Morgan fingerprint density at radius 2 is 1.86 bits per heavy atom. The van der Waals surface area contributed by atoms with E-state index in [1.165, 1.54) is 20.3 Å². The first-order valence-electron chi connectivity index (χ1n) is 7.03. The molecule has 0 radical (unpaired) electrons. The second-order valence-electron chi connectivity index (χ2n) is 6.36. The number of hydrogen-bond acceptors (Lipinski definition) is 5. The number of fused-ring (bicyclic) bond motifs is 1. The predicted octanol–water partition coefficient (Wildman–Crippen LogP) is 2.05. The number of ketones is 2. The van der Waals surface area contributed by atoms with Crippen LogP contribution >= 0.6 is 0 Å². The topological polar surface area (TPSA) is 61.8 Å². The fraction of sp³-hybridized carbons (Fsp3) is 0.600. The lowest BCUT2D eigenvalue weighted by molar-refractivity contribution is -0.137. The van der Waals surface area contributed by atoms with Crippen molar-refractivity contribution in [2.24, 2.45) is 11.8 Å². The van der Waals surface area contributed by atoms with Crippen LogP contribution in [0.5, 0.6) is 0 Å². The summed E-state index contributed by atoms with van der Waals surface area (Å²) in [6.07, 6.45) is 3.13. The van der Waals surface area contributed by atoms with E-state index in [0.29, 0.717) is 6.42 Å². The van der Waals surface area contributed by atoms with E-state index in [4.69, 9.17) is 13.9 Å². The molecule has 2 aliphatic rings. The van der Waals surface area contributed by atoms with E-state index < -0.39 is 26.3 Å². The summed E-state index contributed by atoms with van der Waals surface area (Å²) in [4.78, 5) is 24.7. The molecule has 0 saturated heterocycles. The lowest BCUT2D eigenvalue weighted by atomic mass is 9.72. The Labute approximate surface area is 126 Å². The monoisotopic (exact) mass is 310 g/mol. The summed E-state index contributed by atoms with van der Waals surface area (Å²) in [6, 6.07) is 0. The zero-order valence-corrected chi connectivity index (χ0v) is 14.1. The van der Waals surface area contributed by atoms with Crippen molar-refractivity contribution in [1.82, 2.24) is 0 Å². The van der Waals surface area contributed by atoms with Crippen LogP contribution in [-0.2, 0) is 23.5 Å². The van der Waals surface area contributed by atoms with Gasteiger partial charge in [0.1, 0.15) is 0 Å². The van der Waals surface area contributed by atoms with Crippen molar-refractivity contribution >= 4 is 19.9 Å². The van der Waals surface area contributed by atoms with E-state index in [0.717, 1.165) is 5.76 Å². The van der Waals surface area contributed by atoms with E-state index in [1.54, 1.807) is 0 Å². The highest BCUT2D eigenvalue weighted by molar-refractivity contribution is 6.70. The Hall–Kier alpha value is -1.40. The first-order valence-corrected chi connectivity index (χ1v) is 10.4. The predicted molar refractivity (Wildman–Crippen MR) is 80.0 cm³/mol. The van der Waals surface area contributed by atoms with Crippen molar-refractivity contribution in [3.63, 3.8) is 0 Å². The van der Waals surface area contributed by atoms with Gasteiger partial charge in [-0.15, -0.1) is 0 Å². The fourth-order valence-electron chi connectivity index (χ4n) is 2.85. The molecule has 5 nitrogen and oxygen atoms in total.